The van der Waals surface area contributed by atoms with Crippen molar-refractivity contribution in [1.82, 2.24) is 20.1 Å². The lowest BCUT2D eigenvalue weighted by Crippen LogP contribution is -2.02. The van der Waals surface area contributed by atoms with Gasteiger partial charge in [-0.05, 0) is 25.0 Å². The Morgan fingerprint density at radius 3 is 3.24 bits per heavy atom. The molecule has 2 aliphatic rings. The van der Waals surface area contributed by atoms with Crippen molar-refractivity contribution in [2.45, 2.75) is 18.8 Å². The third-order valence-corrected chi connectivity index (χ3v) is 4.75. The Hall–Kier alpha value is -2.21. The van der Waals surface area contributed by atoms with Crippen LogP contribution in [0.25, 0.3) is 22.4 Å². The zero-order valence-corrected chi connectivity index (χ0v) is 11.4. The molecular formula is C15H14N4O2. The summed E-state index contributed by atoms with van der Waals surface area (Å²) < 4.78 is 11.0. The van der Waals surface area contributed by atoms with Crippen LogP contribution in [0, 0.1) is 5.41 Å². The first-order valence-electron chi connectivity index (χ1n) is 7.20. The molecule has 1 N–H and O–H groups in total. The lowest BCUT2D eigenvalue weighted by atomic mass is 10.0. The Balaban J connectivity index is 1.53. The molecule has 1 aliphatic heterocycles. The zero-order chi connectivity index (χ0) is 13.9. The molecule has 106 valence electrons. The predicted octanol–water partition coefficient (Wildman–Crippen LogP) is 2.51. The summed E-state index contributed by atoms with van der Waals surface area (Å²) in [5.74, 6) is 1.65. The summed E-state index contributed by atoms with van der Waals surface area (Å²) in [6.45, 7) is 1.67. The number of nitrogens with one attached hydrogen (secondary N) is 1. The van der Waals surface area contributed by atoms with Crippen molar-refractivity contribution in [3.63, 3.8) is 0 Å². The van der Waals surface area contributed by atoms with Crippen molar-refractivity contribution >= 4 is 10.9 Å². The SMILES string of the molecule is c1cc2[nH]ccc2c(-c2noc(C3CC34CCOC4)n2)n1. The van der Waals surface area contributed by atoms with E-state index in [1.165, 1.54) is 0 Å². The van der Waals surface area contributed by atoms with E-state index < -0.39 is 0 Å². The third kappa shape index (κ3) is 1.59. The maximum atomic E-state index is 5.51. The molecule has 0 bridgehead atoms. The number of hydrogen-bond donors (Lipinski definition) is 1. The van der Waals surface area contributed by atoms with Crippen molar-refractivity contribution in [2.24, 2.45) is 5.41 Å². The van der Waals surface area contributed by atoms with E-state index in [-0.39, 0.29) is 5.41 Å². The molecule has 6 nitrogen and oxygen atoms in total. The lowest BCUT2D eigenvalue weighted by Gasteiger charge is -2.01. The molecular weight excluding hydrogens is 268 g/mol. The van der Waals surface area contributed by atoms with Gasteiger partial charge in [-0.1, -0.05) is 5.16 Å². The van der Waals surface area contributed by atoms with Crippen LogP contribution >= 0.6 is 0 Å². The van der Waals surface area contributed by atoms with E-state index >= 15 is 0 Å². The Labute approximate surface area is 120 Å². The number of aromatic nitrogens is 4. The topological polar surface area (TPSA) is 76.8 Å². The van der Waals surface area contributed by atoms with Gasteiger partial charge in [0.2, 0.25) is 11.7 Å². The summed E-state index contributed by atoms with van der Waals surface area (Å²) in [4.78, 5) is 12.2. The van der Waals surface area contributed by atoms with Gasteiger partial charge in [0.05, 0.1) is 6.61 Å². The Bertz CT molecular complexity index is 816. The van der Waals surface area contributed by atoms with Crippen molar-refractivity contribution < 1.29 is 9.26 Å². The molecule has 4 heterocycles. The highest BCUT2D eigenvalue weighted by Gasteiger charge is 2.59. The van der Waals surface area contributed by atoms with Gasteiger partial charge in [-0.25, -0.2) is 0 Å². The second-order valence-electron chi connectivity index (χ2n) is 5.98. The standard InChI is InChI=1S/C15H14N4O2/c1-4-16-11-2-5-17-12(9(1)11)13-18-14(21-19-13)10-7-15(10)3-6-20-8-15/h1-2,4-5,10,16H,3,6-8H2. The maximum absolute atomic E-state index is 5.51. The van der Waals surface area contributed by atoms with Crippen LogP contribution in [-0.4, -0.2) is 33.3 Å². The second-order valence-corrected chi connectivity index (χ2v) is 5.98. The molecule has 21 heavy (non-hydrogen) atoms. The molecule has 2 unspecified atom stereocenters. The fourth-order valence-corrected chi connectivity index (χ4v) is 3.39. The summed E-state index contributed by atoms with van der Waals surface area (Å²) in [7, 11) is 0. The smallest absolute Gasteiger partial charge is 0.230 e. The van der Waals surface area contributed by atoms with Gasteiger partial charge in [0.1, 0.15) is 5.69 Å². The summed E-state index contributed by atoms with van der Waals surface area (Å²) >= 11 is 0. The molecule has 6 heteroatoms. The van der Waals surface area contributed by atoms with Crippen LogP contribution in [-0.2, 0) is 4.74 Å². The minimum Gasteiger partial charge on any atom is -0.381 e. The van der Waals surface area contributed by atoms with Gasteiger partial charge in [0, 0.05) is 41.2 Å². The monoisotopic (exact) mass is 282 g/mol. The van der Waals surface area contributed by atoms with Gasteiger partial charge in [0.15, 0.2) is 0 Å². The van der Waals surface area contributed by atoms with E-state index in [9.17, 15) is 0 Å². The summed E-state index contributed by atoms with van der Waals surface area (Å²) in [6.07, 6.45) is 5.84. The van der Waals surface area contributed by atoms with Gasteiger partial charge in [0.25, 0.3) is 0 Å². The Morgan fingerprint density at radius 2 is 2.33 bits per heavy atom. The van der Waals surface area contributed by atoms with E-state index in [4.69, 9.17) is 9.26 Å². The van der Waals surface area contributed by atoms with Crippen molar-refractivity contribution in [2.75, 3.05) is 13.2 Å². The molecule has 0 amide bonds. The second kappa shape index (κ2) is 3.92. The first kappa shape index (κ1) is 11.4. The van der Waals surface area contributed by atoms with Gasteiger partial charge >= 0.3 is 0 Å². The van der Waals surface area contributed by atoms with E-state index in [1.807, 2.05) is 18.3 Å². The van der Waals surface area contributed by atoms with Crippen LogP contribution in [0.3, 0.4) is 0 Å². The number of H-pyrrole nitrogens is 1. The van der Waals surface area contributed by atoms with E-state index in [1.54, 1.807) is 6.20 Å². The molecule has 1 saturated heterocycles. The molecule has 0 aromatic carbocycles. The van der Waals surface area contributed by atoms with Crippen molar-refractivity contribution in [3.8, 4) is 11.5 Å². The van der Waals surface area contributed by atoms with Crippen LogP contribution in [0.4, 0.5) is 0 Å². The normalized spacial score (nSPS) is 27.7. The number of fused-ring (bicyclic) bond motifs is 1. The summed E-state index contributed by atoms with van der Waals surface area (Å²) in [5, 5.41) is 5.14. The van der Waals surface area contributed by atoms with E-state index in [0.29, 0.717) is 11.7 Å². The van der Waals surface area contributed by atoms with Crippen LogP contribution in [0.15, 0.2) is 29.0 Å². The highest BCUT2D eigenvalue weighted by atomic mass is 16.5. The fourth-order valence-electron chi connectivity index (χ4n) is 3.39. The average Bonchev–Trinajstić information content (AvgIpc) is 2.98. The minimum absolute atomic E-state index is 0.261. The maximum Gasteiger partial charge on any atom is 0.230 e. The number of nitrogens with zero attached hydrogens (tertiary/aromatic N) is 3. The van der Waals surface area contributed by atoms with Gasteiger partial charge in [-0.2, -0.15) is 4.98 Å². The fraction of sp³-hybridized carbons (Fsp3) is 0.400. The van der Waals surface area contributed by atoms with E-state index in [2.05, 4.69) is 20.1 Å². The minimum atomic E-state index is 0.261. The highest BCUT2D eigenvalue weighted by Crippen LogP contribution is 2.63. The number of ether oxygens (including phenoxy) is 1. The number of hydrogen-bond acceptors (Lipinski definition) is 5. The third-order valence-electron chi connectivity index (χ3n) is 4.75. The first-order chi connectivity index (χ1) is 10.4. The molecule has 0 radical (unpaired) electrons. The average molecular weight is 282 g/mol. The van der Waals surface area contributed by atoms with Crippen LogP contribution < -0.4 is 0 Å². The zero-order valence-electron chi connectivity index (χ0n) is 11.4. The van der Waals surface area contributed by atoms with Crippen LogP contribution in [0.2, 0.25) is 0 Å². The molecule has 5 rings (SSSR count). The molecule has 1 spiro atoms. The Kier molecular flexibility index (Phi) is 2.13. The molecule has 1 aliphatic carbocycles. The number of pyridine rings is 1. The first-order valence-corrected chi connectivity index (χ1v) is 7.20. The van der Waals surface area contributed by atoms with Crippen molar-refractivity contribution in [3.05, 3.63) is 30.4 Å². The molecule has 2 fully saturated rings. The van der Waals surface area contributed by atoms with Gasteiger partial charge in [-0.15, -0.1) is 0 Å². The molecule has 2 atom stereocenters. The largest absolute Gasteiger partial charge is 0.381 e. The summed E-state index contributed by atoms with van der Waals surface area (Å²) in [6, 6.07) is 3.92. The molecule has 3 aromatic rings. The van der Waals surface area contributed by atoms with Gasteiger partial charge in [-0.3, -0.25) is 4.98 Å². The highest BCUT2D eigenvalue weighted by molar-refractivity contribution is 5.90. The van der Waals surface area contributed by atoms with Gasteiger partial charge < -0.3 is 14.2 Å². The number of rotatable bonds is 2. The number of aromatic amines is 1. The summed E-state index contributed by atoms with van der Waals surface area (Å²) in [5.41, 5.74) is 2.05. The van der Waals surface area contributed by atoms with Crippen molar-refractivity contribution in [1.29, 1.82) is 0 Å². The Morgan fingerprint density at radius 1 is 1.33 bits per heavy atom. The molecule has 1 saturated carbocycles. The van der Waals surface area contributed by atoms with Crippen LogP contribution in [0.1, 0.15) is 24.7 Å². The van der Waals surface area contributed by atoms with E-state index in [0.717, 1.165) is 48.5 Å². The lowest BCUT2D eigenvalue weighted by molar-refractivity contribution is 0.179. The molecule has 3 aromatic heterocycles. The van der Waals surface area contributed by atoms with Crippen LogP contribution in [0.5, 0.6) is 0 Å². The predicted molar refractivity (Wildman–Crippen MR) is 74.6 cm³/mol. The quantitative estimate of drug-likeness (QED) is 0.781.